The van der Waals surface area contributed by atoms with Crippen LogP contribution in [-0.2, 0) is 9.84 Å². The maximum atomic E-state index is 12.5. The van der Waals surface area contributed by atoms with Crippen molar-refractivity contribution in [2.45, 2.75) is 16.4 Å². The number of halogens is 3. The number of anilines is 1. The number of hydrogen-bond donors (Lipinski definition) is 1. The summed E-state index contributed by atoms with van der Waals surface area (Å²) >= 11 is 0. The molecule has 0 unspecified atom stereocenters. The molecule has 2 rings (SSSR count). The summed E-state index contributed by atoms with van der Waals surface area (Å²) in [6, 6.07) is 0.694. The molecule has 0 aromatic carbocycles. The summed E-state index contributed by atoms with van der Waals surface area (Å²) in [6.07, 6.45) is -0.704. The highest BCUT2D eigenvalue weighted by Crippen LogP contribution is 2.26. The first-order valence-electron chi connectivity index (χ1n) is 6.30. The second-order valence-electron chi connectivity index (χ2n) is 4.32. The van der Waals surface area contributed by atoms with E-state index in [4.69, 9.17) is 0 Å². The summed E-state index contributed by atoms with van der Waals surface area (Å²) in [5, 5.41) is 2.08. The van der Waals surface area contributed by atoms with Crippen LogP contribution >= 0.6 is 0 Å². The molecule has 0 bridgehead atoms. The van der Waals surface area contributed by atoms with E-state index in [2.05, 4.69) is 31.6 Å². The Morgan fingerprint density at radius 2 is 2.00 bits per heavy atom. The maximum absolute atomic E-state index is 12.5. The molecular weight excluding hydrogens is 349 g/mol. The van der Waals surface area contributed by atoms with Crippen LogP contribution in [0.25, 0.3) is 6.08 Å². The molecule has 1 N–H and O–H groups in total. The van der Waals surface area contributed by atoms with Crippen molar-refractivity contribution in [1.29, 1.82) is 0 Å². The van der Waals surface area contributed by atoms with Crippen molar-refractivity contribution in [3.63, 3.8) is 0 Å². The fraction of sp³-hybridized carbons (Fsp3) is 0.154. The Morgan fingerprint density at radius 1 is 1.29 bits per heavy atom. The van der Waals surface area contributed by atoms with Gasteiger partial charge in [-0.25, -0.2) is 18.4 Å². The van der Waals surface area contributed by atoms with E-state index in [-0.39, 0.29) is 5.82 Å². The molecule has 0 radical (unpaired) electrons. The van der Waals surface area contributed by atoms with E-state index in [9.17, 15) is 21.6 Å². The lowest BCUT2D eigenvalue weighted by Crippen LogP contribution is -2.17. The minimum absolute atomic E-state index is 0.203. The molecule has 24 heavy (non-hydrogen) atoms. The lowest BCUT2D eigenvalue weighted by atomic mass is 10.3. The van der Waals surface area contributed by atoms with Gasteiger partial charge in [-0.15, -0.1) is 13.2 Å². The molecule has 2 aromatic heterocycles. The highest BCUT2D eigenvalue weighted by atomic mass is 32.2. The van der Waals surface area contributed by atoms with E-state index >= 15 is 0 Å². The number of hydrogen-bond acceptors (Lipinski definition) is 7. The first-order valence-corrected chi connectivity index (χ1v) is 7.79. The highest BCUT2D eigenvalue weighted by molar-refractivity contribution is 7.91. The highest BCUT2D eigenvalue weighted by Gasteiger charge is 2.32. The Kier molecular flexibility index (Phi) is 4.73. The number of aromatic nitrogens is 3. The number of alkyl halides is 3. The van der Waals surface area contributed by atoms with Crippen LogP contribution < -0.4 is 10.1 Å². The molecule has 7 nitrogen and oxygen atoms in total. The van der Waals surface area contributed by atoms with Crippen LogP contribution in [0.4, 0.5) is 19.0 Å². The van der Waals surface area contributed by atoms with Gasteiger partial charge in [0.2, 0.25) is 9.84 Å². The maximum Gasteiger partial charge on any atom is 0.573 e. The van der Waals surface area contributed by atoms with Crippen molar-refractivity contribution in [3.05, 3.63) is 36.8 Å². The molecule has 2 aromatic rings. The molecule has 128 valence electrons. The molecule has 0 amide bonds. The molecule has 0 saturated carbocycles. The topological polar surface area (TPSA) is 94.1 Å². The zero-order valence-corrected chi connectivity index (χ0v) is 13.0. The second-order valence-corrected chi connectivity index (χ2v) is 6.16. The van der Waals surface area contributed by atoms with Crippen LogP contribution in [0.15, 0.2) is 41.3 Å². The number of ether oxygens (including phenoxy) is 1. The Balaban J connectivity index is 2.48. The predicted octanol–water partition coefficient (Wildman–Crippen LogP) is 2.29. The quantitative estimate of drug-likeness (QED) is 0.818. The number of rotatable bonds is 5. The van der Waals surface area contributed by atoms with Gasteiger partial charge in [-0.3, -0.25) is 4.98 Å². The van der Waals surface area contributed by atoms with E-state index in [0.29, 0.717) is 11.6 Å². The fourth-order valence-corrected chi connectivity index (χ4v) is 2.78. The molecule has 11 heteroatoms. The van der Waals surface area contributed by atoms with E-state index in [1.807, 2.05) is 0 Å². The van der Waals surface area contributed by atoms with Crippen molar-refractivity contribution in [3.8, 4) is 5.75 Å². The molecule has 0 saturated heterocycles. The molecule has 0 fully saturated rings. The summed E-state index contributed by atoms with van der Waals surface area (Å²) in [7, 11) is -2.76. The number of sulfone groups is 1. The minimum Gasteiger partial charge on any atom is -0.404 e. The Bertz CT molecular complexity index is 869. The summed E-state index contributed by atoms with van der Waals surface area (Å²) < 4.78 is 65.3. The van der Waals surface area contributed by atoms with Gasteiger partial charge in [-0.05, 0) is 0 Å². The van der Waals surface area contributed by atoms with Crippen LogP contribution in [0.3, 0.4) is 0 Å². The monoisotopic (exact) mass is 360 g/mol. The van der Waals surface area contributed by atoms with Gasteiger partial charge >= 0.3 is 6.36 Å². The second kappa shape index (κ2) is 6.43. The SMILES string of the molecule is C=Cc1cnc(S(=O)(=O)c2cncc(OC(F)(F)F)c2)nc1NC. The van der Waals surface area contributed by atoms with Crippen molar-refractivity contribution in [1.82, 2.24) is 15.0 Å². The van der Waals surface area contributed by atoms with Crippen LogP contribution in [0, 0.1) is 0 Å². The van der Waals surface area contributed by atoms with Gasteiger partial charge in [0, 0.05) is 31.1 Å². The molecule has 0 aliphatic carbocycles. The van der Waals surface area contributed by atoms with Gasteiger partial charge < -0.3 is 10.1 Å². The smallest absolute Gasteiger partial charge is 0.404 e. The van der Waals surface area contributed by atoms with Crippen molar-refractivity contribution in [2.75, 3.05) is 12.4 Å². The Labute approximate surface area is 135 Å². The Hall–Kier alpha value is -2.69. The zero-order valence-electron chi connectivity index (χ0n) is 12.2. The number of nitrogens with one attached hydrogen (secondary N) is 1. The standard InChI is InChI=1S/C13H11F3N4O3S/c1-3-8-5-19-12(20-11(8)17-2)24(21,22)10-4-9(6-18-7-10)23-13(14,15)16/h3-7H,1H2,2H3,(H,17,19,20). The molecule has 0 atom stereocenters. The molecule has 2 heterocycles. The number of nitrogens with zero attached hydrogens (tertiary/aromatic N) is 3. The first-order chi connectivity index (χ1) is 11.2. The zero-order chi connectivity index (χ0) is 18.0. The average molecular weight is 360 g/mol. The average Bonchev–Trinajstić information content (AvgIpc) is 2.52. The predicted molar refractivity (Wildman–Crippen MR) is 78.0 cm³/mol. The van der Waals surface area contributed by atoms with Gasteiger partial charge in [0.1, 0.15) is 11.6 Å². The molecule has 0 spiro atoms. The van der Waals surface area contributed by atoms with E-state index in [1.54, 1.807) is 0 Å². The minimum atomic E-state index is -4.97. The van der Waals surface area contributed by atoms with Gasteiger partial charge in [-0.2, -0.15) is 0 Å². The van der Waals surface area contributed by atoms with Gasteiger partial charge in [0.05, 0.1) is 11.1 Å². The van der Waals surface area contributed by atoms with Gasteiger partial charge in [0.15, 0.2) is 0 Å². The molecular formula is C13H11F3N4O3S. The summed E-state index contributed by atoms with van der Waals surface area (Å²) in [4.78, 5) is 10.5. The third kappa shape index (κ3) is 3.79. The lowest BCUT2D eigenvalue weighted by molar-refractivity contribution is -0.274. The van der Waals surface area contributed by atoms with Crippen molar-refractivity contribution < 1.29 is 26.3 Å². The van der Waals surface area contributed by atoms with Gasteiger partial charge in [0.25, 0.3) is 5.16 Å². The first kappa shape index (κ1) is 17.7. The van der Waals surface area contributed by atoms with Crippen LogP contribution in [-0.4, -0.2) is 36.8 Å². The van der Waals surface area contributed by atoms with Crippen LogP contribution in [0.2, 0.25) is 0 Å². The fourth-order valence-electron chi connectivity index (χ4n) is 1.69. The number of pyridine rings is 1. The third-order valence-electron chi connectivity index (χ3n) is 2.72. The van der Waals surface area contributed by atoms with Crippen molar-refractivity contribution in [2.24, 2.45) is 0 Å². The van der Waals surface area contributed by atoms with E-state index in [1.165, 1.54) is 19.3 Å². The Morgan fingerprint density at radius 3 is 2.58 bits per heavy atom. The van der Waals surface area contributed by atoms with Crippen LogP contribution in [0.5, 0.6) is 5.75 Å². The normalized spacial score (nSPS) is 11.8. The summed E-state index contributed by atoms with van der Waals surface area (Å²) in [6.45, 7) is 3.53. The summed E-state index contributed by atoms with van der Waals surface area (Å²) in [5.41, 5.74) is 0.462. The largest absolute Gasteiger partial charge is 0.573 e. The summed E-state index contributed by atoms with van der Waals surface area (Å²) in [5.74, 6) is -0.561. The lowest BCUT2D eigenvalue weighted by Gasteiger charge is -2.10. The van der Waals surface area contributed by atoms with Crippen molar-refractivity contribution >= 4 is 21.7 Å². The van der Waals surface area contributed by atoms with Gasteiger partial charge in [-0.1, -0.05) is 12.7 Å². The van der Waals surface area contributed by atoms with E-state index < -0.39 is 32.0 Å². The van der Waals surface area contributed by atoms with Crippen LogP contribution in [0.1, 0.15) is 5.56 Å². The third-order valence-corrected chi connectivity index (χ3v) is 4.25. The van der Waals surface area contributed by atoms with E-state index in [0.717, 1.165) is 12.4 Å². The molecule has 0 aliphatic heterocycles. The molecule has 0 aliphatic rings.